The number of rotatable bonds is 5. The SMILES string of the molecule is CN1CCN(Nc2ncnc(Nc3cccc(Br)c3)c2[N+](=O)[O-])CC1. The fourth-order valence-electron chi connectivity index (χ4n) is 2.50. The maximum Gasteiger partial charge on any atom is 0.354 e. The Morgan fingerprint density at radius 3 is 2.60 bits per heavy atom. The number of nitro groups is 1. The summed E-state index contributed by atoms with van der Waals surface area (Å²) < 4.78 is 0.866. The second-order valence-corrected chi connectivity index (χ2v) is 6.63. The molecule has 1 aliphatic heterocycles. The Morgan fingerprint density at radius 1 is 1.20 bits per heavy atom. The van der Waals surface area contributed by atoms with Crippen molar-refractivity contribution in [2.24, 2.45) is 0 Å². The number of anilines is 3. The number of halogens is 1. The highest BCUT2D eigenvalue weighted by Gasteiger charge is 2.25. The molecule has 0 bridgehead atoms. The lowest BCUT2D eigenvalue weighted by atomic mass is 10.3. The standard InChI is InChI=1S/C15H18BrN7O2/c1-21-5-7-22(8-6-21)20-15-13(23(24)25)14(17-10-18-15)19-12-4-2-3-11(16)9-12/h2-4,9-10H,5-8H2,1H3,(H2,17,18,19,20). The number of nitrogens with one attached hydrogen (secondary N) is 2. The van der Waals surface area contributed by atoms with Gasteiger partial charge in [-0.2, -0.15) is 0 Å². The van der Waals surface area contributed by atoms with Crippen molar-refractivity contribution in [1.82, 2.24) is 19.9 Å². The summed E-state index contributed by atoms with van der Waals surface area (Å²) >= 11 is 3.38. The van der Waals surface area contributed by atoms with Crippen LogP contribution in [0.1, 0.15) is 0 Å². The number of benzene rings is 1. The van der Waals surface area contributed by atoms with E-state index in [2.05, 4.69) is 41.5 Å². The van der Waals surface area contributed by atoms with Gasteiger partial charge in [-0.3, -0.25) is 15.5 Å². The van der Waals surface area contributed by atoms with Gasteiger partial charge in [-0.25, -0.2) is 15.0 Å². The lowest BCUT2D eigenvalue weighted by molar-refractivity contribution is -0.383. The summed E-state index contributed by atoms with van der Waals surface area (Å²) in [6, 6.07) is 7.34. The predicted molar refractivity (Wildman–Crippen MR) is 98.8 cm³/mol. The molecule has 1 fully saturated rings. The van der Waals surface area contributed by atoms with Crippen LogP contribution in [0.2, 0.25) is 0 Å². The maximum atomic E-state index is 11.6. The van der Waals surface area contributed by atoms with Crippen LogP contribution in [0.15, 0.2) is 35.1 Å². The van der Waals surface area contributed by atoms with Crippen molar-refractivity contribution in [3.05, 3.63) is 45.2 Å². The van der Waals surface area contributed by atoms with Crippen LogP contribution in [0.25, 0.3) is 0 Å². The van der Waals surface area contributed by atoms with Gasteiger partial charge in [-0.05, 0) is 25.2 Å². The van der Waals surface area contributed by atoms with Crippen LogP contribution >= 0.6 is 15.9 Å². The molecular weight excluding hydrogens is 390 g/mol. The van der Waals surface area contributed by atoms with Gasteiger partial charge in [0.15, 0.2) is 0 Å². The van der Waals surface area contributed by atoms with E-state index in [9.17, 15) is 10.1 Å². The van der Waals surface area contributed by atoms with Crippen LogP contribution < -0.4 is 10.7 Å². The monoisotopic (exact) mass is 407 g/mol. The highest BCUT2D eigenvalue weighted by atomic mass is 79.9. The Balaban J connectivity index is 1.85. The fourth-order valence-corrected chi connectivity index (χ4v) is 2.90. The molecule has 0 atom stereocenters. The molecule has 0 unspecified atom stereocenters. The van der Waals surface area contributed by atoms with Crippen molar-refractivity contribution in [2.75, 3.05) is 44.0 Å². The number of hydrazine groups is 1. The Kier molecular flexibility index (Phi) is 5.41. The molecule has 2 N–H and O–H groups in total. The first kappa shape index (κ1) is 17.5. The first-order valence-corrected chi connectivity index (χ1v) is 8.54. The molecule has 25 heavy (non-hydrogen) atoms. The average Bonchev–Trinajstić information content (AvgIpc) is 2.57. The Morgan fingerprint density at radius 2 is 1.92 bits per heavy atom. The number of piperazine rings is 1. The Bertz CT molecular complexity index is 765. The molecule has 3 rings (SSSR count). The molecule has 0 spiro atoms. The van der Waals surface area contributed by atoms with E-state index in [1.807, 2.05) is 36.3 Å². The van der Waals surface area contributed by atoms with Gasteiger partial charge >= 0.3 is 5.69 Å². The zero-order chi connectivity index (χ0) is 17.8. The molecule has 1 aromatic carbocycles. The number of nitrogens with zero attached hydrogens (tertiary/aromatic N) is 5. The summed E-state index contributed by atoms with van der Waals surface area (Å²) in [6.45, 7) is 3.28. The van der Waals surface area contributed by atoms with Gasteiger partial charge in [0.05, 0.1) is 4.92 Å². The van der Waals surface area contributed by atoms with E-state index in [1.165, 1.54) is 6.33 Å². The van der Waals surface area contributed by atoms with Gasteiger partial charge in [0.2, 0.25) is 11.6 Å². The van der Waals surface area contributed by atoms with Crippen LogP contribution in [0.5, 0.6) is 0 Å². The number of aromatic nitrogens is 2. The molecule has 0 saturated carbocycles. The molecule has 1 aromatic heterocycles. The van der Waals surface area contributed by atoms with E-state index in [4.69, 9.17) is 0 Å². The fraction of sp³-hybridized carbons (Fsp3) is 0.333. The normalized spacial score (nSPS) is 15.8. The van der Waals surface area contributed by atoms with E-state index in [0.29, 0.717) is 5.69 Å². The zero-order valence-electron chi connectivity index (χ0n) is 13.6. The molecule has 0 aliphatic carbocycles. The maximum absolute atomic E-state index is 11.6. The smallest absolute Gasteiger partial charge is 0.334 e. The van der Waals surface area contributed by atoms with Crippen molar-refractivity contribution in [3.63, 3.8) is 0 Å². The highest BCUT2D eigenvalue weighted by Crippen LogP contribution is 2.32. The second-order valence-electron chi connectivity index (χ2n) is 5.71. The summed E-state index contributed by atoms with van der Waals surface area (Å²) in [5, 5.41) is 16.5. The van der Waals surface area contributed by atoms with Crippen LogP contribution in [0.3, 0.4) is 0 Å². The minimum Gasteiger partial charge on any atom is -0.334 e. The van der Waals surface area contributed by atoms with Crippen LogP contribution in [-0.4, -0.2) is 58.0 Å². The topological polar surface area (TPSA) is 99.5 Å². The molecular formula is C15H18BrN7O2. The van der Waals surface area contributed by atoms with Gasteiger partial charge in [0, 0.05) is 36.3 Å². The number of likely N-dealkylation sites (N-methyl/N-ethyl adjacent to an activating group) is 1. The molecule has 1 aliphatic rings. The quantitative estimate of drug-likeness (QED) is 0.575. The van der Waals surface area contributed by atoms with Crippen LogP contribution in [-0.2, 0) is 0 Å². The van der Waals surface area contributed by atoms with Crippen molar-refractivity contribution in [3.8, 4) is 0 Å². The van der Waals surface area contributed by atoms with E-state index >= 15 is 0 Å². The van der Waals surface area contributed by atoms with Crippen LogP contribution in [0, 0.1) is 10.1 Å². The van der Waals surface area contributed by atoms with E-state index in [-0.39, 0.29) is 17.3 Å². The molecule has 0 amide bonds. The third kappa shape index (κ3) is 4.41. The summed E-state index contributed by atoms with van der Waals surface area (Å²) in [5.74, 6) is 0.330. The number of hydrogen-bond acceptors (Lipinski definition) is 8. The molecule has 0 radical (unpaired) electrons. The van der Waals surface area contributed by atoms with E-state index in [1.54, 1.807) is 0 Å². The van der Waals surface area contributed by atoms with Gasteiger partial charge in [-0.15, -0.1) is 0 Å². The second kappa shape index (κ2) is 7.72. The van der Waals surface area contributed by atoms with Gasteiger partial charge in [0.25, 0.3) is 0 Å². The van der Waals surface area contributed by atoms with Crippen molar-refractivity contribution in [1.29, 1.82) is 0 Å². The first-order chi connectivity index (χ1) is 12.0. The number of hydrogen-bond donors (Lipinski definition) is 2. The molecule has 2 heterocycles. The summed E-state index contributed by atoms with van der Waals surface area (Å²) in [7, 11) is 2.05. The Hall–Kier alpha value is -2.30. The lowest BCUT2D eigenvalue weighted by Crippen LogP contribution is -2.47. The first-order valence-electron chi connectivity index (χ1n) is 7.75. The Labute approximate surface area is 153 Å². The summed E-state index contributed by atoms with van der Waals surface area (Å²) in [6.07, 6.45) is 1.31. The molecule has 10 heteroatoms. The molecule has 9 nitrogen and oxygen atoms in total. The minimum atomic E-state index is -0.473. The molecule has 132 valence electrons. The summed E-state index contributed by atoms with van der Waals surface area (Å²) in [4.78, 5) is 21.4. The van der Waals surface area contributed by atoms with Crippen molar-refractivity contribution in [2.45, 2.75) is 0 Å². The zero-order valence-corrected chi connectivity index (χ0v) is 15.2. The lowest BCUT2D eigenvalue weighted by Gasteiger charge is -2.32. The van der Waals surface area contributed by atoms with E-state index in [0.717, 1.165) is 30.7 Å². The molecule has 2 aromatic rings. The van der Waals surface area contributed by atoms with Gasteiger partial charge in [-0.1, -0.05) is 22.0 Å². The van der Waals surface area contributed by atoms with E-state index < -0.39 is 4.92 Å². The largest absolute Gasteiger partial charge is 0.354 e. The van der Waals surface area contributed by atoms with Crippen molar-refractivity contribution >= 4 is 38.9 Å². The van der Waals surface area contributed by atoms with Gasteiger partial charge in [0.1, 0.15) is 6.33 Å². The van der Waals surface area contributed by atoms with Crippen molar-refractivity contribution < 1.29 is 4.92 Å². The molecule has 1 saturated heterocycles. The summed E-state index contributed by atoms with van der Waals surface area (Å²) in [5.41, 5.74) is 3.57. The average molecular weight is 408 g/mol. The third-order valence-corrected chi connectivity index (χ3v) is 4.35. The minimum absolute atomic E-state index is 0.148. The predicted octanol–water partition coefficient (Wildman–Crippen LogP) is 2.47. The van der Waals surface area contributed by atoms with Crippen LogP contribution in [0.4, 0.5) is 23.0 Å². The third-order valence-electron chi connectivity index (χ3n) is 3.86. The van der Waals surface area contributed by atoms with Gasteiger partial charge < -0.3 is 10.2 Å². The highest BCUT2D eigenvalue weighted by molar-refractivity contribution is 9.10.